The first-order chi connectivity index (χ1) is 10.1. The zero-order valence-electron chi connectivity index (χ0n) is 12.7. The van der Waals surface area contributed by atoms with Crippen molar-refractivity contribution in [1.29, 1.82) is 5.41 Å². The Kier molecular flexibility index (Phi) is 8.12. The van der Waals surface area contributed by atoms with Crippen LogP contribution in [-0.4, -0.2) is 45.4 Å². The first-order valence-electron chi connectivity index (χ1n) is 7.14. The third-order valence-electron chi connectivity index (χ3n) is 3.02. The molecule has 0 saturated heterocycles. The molecule has 0 saturated carbocycles. The maximum atomic E-state index is 7.45. The molecule has 0 unspecified atom stereocenters. The van der Waals surface area contributed by atoms with Gasteiger partial charge in [-0.05, 0) is 32.0 Å². The molecule has 0 bridgehead atoms. The van der Waals surface area contributed by atoms with E-state index < -0.39 is 0 Å². The molecular weight excluding hydrogens is 290 g/mol. The molecule has 0 aromatic heterocycles. The van der Waals surface area contributed by atoms with Crippen LogP contribution in [0.2, 0.25) is 5.02 Å². The normalized spacial score (nSPS) is 10.6. The molecule has 0 fully saturated rings. The number of nitrogen functional groups attached to an aromatic ring is 1. The third kappa shape index (κ3) is 5.91. The molecule has 0 spiro atoms. The second kappa shape index (κ2) is 9.60. The highest BCUT2D eigenvalue weighted by molar-refractivity contribution is 6.33. The van der Waals surface area contributed by atoms with Gasteiger partial charge in [-0.1, -0.05) is 11.6 Å². The molecule has 1 rings (SSSR count). The smallest absolute Gasteiger partial charge is 0.122 e. The van der Waals surface area contributed by atoms with E-state index in [1.807, 2.05) is 19.9 Å². The van der Waals surface area contributed by atoms with Crippen molar-refractivity contribution in [3.05, 3.63) is 28.8 Å². The molecule has 3 N–H and O–H groups in total. The van der Waals surface area contributed by atoms with E-state index in [-0.39, 0.29) is 5.84 Å². The van der Waals surface area contributed by atoms with Crippen molar-refractivity contribution in [3.63, 3.8) is 0 Å². The molecule has 0 atom stereocenters. The lowest BCUT2D eigenvalue weighted by molar-refractivity contribution is 0.141. The zero-order valence-corrected chi connectivity index (χ0v) is 13.4. The molecule has 0 amide bonds. The minimum absolute atomic E-state index is 0.0126. The summed E-state index contributed by atoms with van der Waals surface area (Å²) in [5.41, 5.74) is 7.00. The highest BCUT2D eigenvalue weighted by atomic mass is 35.5. The van der Waals surface area contributed by atoms with Gasteiger partial charge in [0, 0.05) is 31.9 Å². The Bertz CT molecular complexity index is 445. The van der Waals surface area contributed by atoms with Crippen molar-refractivity contribution in [1.82, 2.24) is 0 Å². The fourth-order valence-corrected chi connectivity index (χ4v) is 2.22. The largest absolute Gasteiger partial charge is 0.384 e. The van der Waals surface area contributed by atoms with E-state index in [0.717, 1.165) is 18.8 Å². The third-order valence-corrected chi connectivity index (χ3v) is 3.32. The van der Waals surface area contributed by atoms with Crippen LogP contribution in [0, 0.1) is 5.41 Å². The van der Waals surface area contributed by atoms with Gasteiger partial charge in [-0.25, -0.2) is 0 Å². The first kappa shape index (κ1) is 17.8. The SMILES string of the molecule is CCOCCN(CCOCC)c1ccc(C(=N)N)cc1Cl. The molecule has 0 radical (unpaired) electrons. The minimum atomic E-state index is 0.0126. The number of benzene rings is 1. The Morgan fingerprint density at radius 2 is 1.76 bits per heavy atom. The lowest BCUT2D eigenvalue weighted by Gasteiger charge is -2.26. The van der Waals surface area contributed by atoms with Gasteiger partial charge in [-0.3, -0.25) is 5.41 Å². The molecule has 1 aromatic carbocycles. The van der Waals surface area contributed by atoms with Crippen LogP contribution in [0.5, 0.6) is 0 Å². The molecule has 0 aliphatic heterocycles. The highest BCUT2D eigenvalue weighted by Crippen LogP contribution is 2.26. The lowest BCUT2D eigenvalue weighted by atomic mass is 10.1. The Labute approximate surface area is 131 Å². The quantitative estimate of drug-likeness (QED) is 0.395. The van der Waals surface area contributed by atoms with E-state index in [1.165, 1.54) is 0 Å². The number of ether oxygens (including phenoxy) is 2. The van der Waals surface area contributed by atoms with E-state index in [0.29, 0.717) is 37.0 Å². The summed E-state index contributed by atoms with van der Waals surface area (Å²) in [4.78, 5) is 2.12. The van der Waals surface area contributed by atoms with Crippen LogP contribution in [0.1, 0.15) is 19.4 Å². The van der Waals surface area contributed by atoms with E-state index in [4.69, 9.17) is 32.2 Å². The molecule has 0 heterocycles. The number of nitrogens with zero attached hydrogens (tertiary/aromatic N) is 1. The van der Waals surface area contributed by atoms with Crippen molar-refractivity contribution in [2.75, 3.05) is 44.4 Å². The van der Waals surface area contributed by atoms with Crippen LogP contribution in [-0.2, 0) is 9.47 Å². The predicted octanol–water partition coefficient (Wildman–Crippen LogP) is 2.50. The van der Waals surface area contributed by atoms with Crippen LogP contribution in [0.4, 0.5) is 5.69 Å². The van der Waals surface area contributed by atoms with Gasteiger partial charge < -0.3 is 20.1 Å². The summed E-state index contributed by atoms with van der Waals surface area (Å²) in [5, 5.41) is 8.03. The average molecular weight is 314 g/mol. The second-order valence-corrected chi connectivity index (χ2v) is 4.87. The van der Waals surface area contributed by atoms with Gasteiger partial charge in [-0.2, -0.15) is 0 Å². The van der Waals surface area contributed by atoms with Gasteiger partial charge in [0.15, 0.2) is 0 Å². The number of anilines is 1. The fraction of sp³-hybridized carbons (Fsp3) is 0.533. The number of nitrogens with one attached hydrogen (secondary N) is 1. The molecule has 0 aliphatic rings. The van der Waals surface area contributed by atoms with Gasteiger partial charge >= 0.3 is 0 Å². The van der Waals surface area contributed by atoms with Gasteiger partial charge in [0.05, 0.1) is 23.9 Å². The Balaban J connectivity index is 2.82. The molecular formula is C15H24ClN3O2. The topological polar surface area (TPSA) is 71.6 Å². The monoisotopic (exact) mass is 313 g/mol. The zero-order chi connectivity index (χ0) is 15.7. The molecule has 118 valence electrons. The van der Waals surface area contributed by atoms with Crippen LogP contribution in [0.3, 0.4) is 0 Å². The maximum Gasteiger partial charge on any atom is 0.122 e. The average Bonchev–Trinajstić information content (AvgIpc) is 2.46. The fourth-order valence-electron chi connectivity index (χ4n) is 1.92. The summed E-state index contributed by atoms with van der Waals surface area (Å²) in [5.74, 6) is 0.0126. The summed E-state index contributed by atoms with van der Waals surface area (Å²) in [6.07, 6.45) is 0. The van der Waals surface area contributed by atoms with E-state index in [9.17, 15) is 0 Å². The molecule has 6 heteroatoms. The highest BCUT2D eigenvalue weighted by Gasteiger charge is 2.11. The van der Waals surface area contributed by atoms with Crippen molar-refractivity contribution in [2.24, 2.45) is 5.73 Å². The van der Waals surface area contributed by atoms with Crippen molar-refractivity contribution >= 4 is 23.1 Å². The number of hydrogen-bond donors (Lipinski definition) is 2. The molecule has 21 heavy (non-hydrogen) atoms. The van der Waals surface area contributed by atoms with Crippen LogP contribution >= 0.6 is 11.6 Å². The Morgan fingerprint density at radius 1 is 1.19 bits per heavy atom. The van der Waals surface area contributed by atoms with Gasteiger partial charge in [0.25, 0.3) is 0 Å². The number of halogens is 1. The number of rotatable bonds is 10. The van der Waals surface area contributed by atoms with Gasteiger partial charge in [-0.15, -0.1) is 0 Å². The van der Waals surface area contributed by atoms with Crippen LogP contribution < -0.4 is 10.6 Å². The second-order valence-electron chi connectivity index (χ2n) is 4.46. The minimum Gasteiger partial charge on any atom is -0.384 e. The first-order valence-corrected chi connectivity index (χ1v) is 7.52. The van der Waals surface area contributed by atoms with Crippen LogP contribution in [0.15, 0.2) is 18.2 Å². The van der Waals surface area contributed by atoms with E-state index in [1.54, 1.807) is 12.1 Å². The summed E-state index contributed by atoms with van der Waals surface area (Å²) in [6.45, 7) is 8.06. The Morgan fingerprint density at radius 3 is 2.19 bits per heavy atom. The van der Waals surface area contributed by atoms with Gasteiger partial charge in [0.2, 0.25) is 0 Å². The molecule has 5 nitrogen and oxygen atoms in total. The summed E-state index contributed by atoms with van der Waals surface area (Å²) in [6, 6.07) is 5.41. The standard InChI is InChI=1S/C15H24ClN3O2/c1-3-20-9-7-19(8-10-21-4-2)14-6-5-12(15(17)18)11-13(14)16/h5-6,11H,3-4,7-10H2,1-2H3,(H3,17,18). The van der Waals surface area contributed by atoms with Crippen molar-refractivity contribution in [3.8, 4) is 0 Å². The van der Waals surface area contributed by atoms with E-state index >= 15 is 0 Å². The predicted molar refractivity (Wildman–Crippen MR) is 87.7 cm³/mol. The summed E-state index contributed by atoms with van der Waals surface area (Å²) in [7, 11) is 0. The Hall–Kier alpha value is -1.30. The summed E-state index contributed by atoms with van der Waals surface area (Å²) < 4.78 is 10.8. The molecule has 1 aromatic rings. The van der Waals surface area contributed by atoms with Gasteiger partial charge in [0.1, 0.15) is 5.84 Å². The summed E-state index contributed by atoms with van der Waals surface area (Å²) >= 11 is 6.32. The van der Waals surface area contributed by atoms with Crippen LogP contribution in [0.25, 0.3) is 0 Å². The lowest BCUT2D eigenvalue weighted by Crippen LogP contribution is -2.31. The van der Waals surface area contributed by atoms with Crippen molar-refractivity contribution < 1.29 is 9.47 Å². The maximum absolute atomic E-state index is 7.45. The number of nitrogens with two attached hydrogens (primary N) is 1. The van der Waals surface area contributed by atoms with E-state index in [2.05, 4.69) is 4.90 Å². The molecule has 0 aliphatic carbocycles. The van der Waals surface area contributed by atoms with Crippen molar-refractivity contribution in [2.45, 2.75) is 13.8 Å². The number of hydrogen-bond acceptors (Lipinski definition) is 4. The number of amidine groups is 1.